The monoisotopic (exact) mass is 473 g/mol. The van der Waals surface area contributed by atoms with Gasteiger partial charge in [0, 0.05) is 43.0 Å². The van der Waals surface area contributed by atoms with E-state index < -0.39 is 17.9 Å². The highest BCUT2D eigenvalue weighted by molar-refractivity contribution is 6.07. The van der Waals surface area contributed by atoms with Gasteiger partial charge in [-0.05, 0) is 42.7 Å². The molecule has 2 aromatic carbocycles. The number of benzene rings is 2. The molecule has 2 aliphatic rings. The van der Waals surface area contributed by atoms with E-state index in [1.807, 2.05) is 24.3 Å². The van der Waals surface area contributed by atoms with E-state index in [9.17, 15) is 27.6 Å². The zero-order chi connectivity index (χ0) is 24.3. The van der Waals surface area contributed by atoms with E-state index in [-0.39, 0.29) is 23.5 Å². The summed E-state index contributed by atoms with van der Waals surface area (Å²) in [6.07, 6.45) is -1.52. The maximum Gasteiger partial charge on any atom is 0.573 e. The lowest BCUT2D eigenvalue weighted by Gasteiger charge is -2.40. The lowest BCUT2D eigenvalue weighted by atomic mass is 10.0. The van der Waals surface area contributed by atoms with E-state index in [0.29, 0.717) is 32.5 Å². The Labute approximate surface area is 193 Å². The fourth-order valence-corrected chi connectivity index (χ4v) is 4.11. The number of amides is 3. The number of piperidine rings is 1. The normalized spacial score (nSPS) is 16.9. The molecule has 2 aliphatic heterocycles. The van der Waals surface area contributed by atoms with Crippen LogP contribution in [0, 0.1) is 0 Å². The number of fused-ring (bicyclic) bond motifs is 1. The second-order valence-corrected chi connectivity index (χ2v) is 8.04. The van der Waals surface area contributed by atoms with E-state index in [0.717, 1.165) is 35.5 Å². The highest BCUT2D eigenvalue weighted by atomic mass is 19.4. The number of nitrogens with one attached hydrogen (secondary N) is 1. The molecule has 1 fully saturated rings. The van der Waals surface area contributed by atoms with Crippen LogP contribution in [0.2, 0.25) is 0 Å². The van der Waals surface area contributed by atoms with Gasteiger partial charge in [-0.1, -0.05) is 30.3 Å². The molecule has 10 heteroatoms. The van der Waals surface area contributed by atoms with Crippen LogP contribution in [0.5, 0.6) is 5.75 Å². The summed E-state index contributed by atoms with van der Waals surface area (Å²) in [6.45, 7) is 1.34. The fraction of sp³-hybridized carbons (Fsp3) is 0.292. The molecule has 0 unspecified atom stereocenters. The zero-order valence-electron chi connectivity index (χ0n) is 18.0. The maximum absolute atomic E-state index is 12.5. The first-order chi connectivity index (χ1) is 16.2. The molecule has 34 heavy (non-hydrogen) atoms. The number of likely N-dealkylation sites (tertiary alicyclic amines) is 1. The first-order valence-electron chi connectivity index (χ1n) is 10.7. The van der Waals surface area contributed by atoms with Crippen LogP contribution in [0.15, 0.2) is 60.7 Å². The Bertz CT molecular complexity index is 1120. The van der Waals surface area contributed by atoms with Crippen molar-refractivity contribution in [3.63, 3.8) is 0 Å². The van der Waals surface area contributed by atoms with Gasteiger partial charge in [0.2, 0.25) is 5.91 Å². The molecule has 2 heterocycles. The summed E-state index contributed by atoms with van der Waals surface area (Å²) < 4.78 is 40.9. The van der Waals surface area contributed by atoms with Gasteiger partial charge in [0.15, 0.2) is 5.78 Å². The number of ketones is 1. The van der Waals surface area contributed by atoms with Crippen molar-refractivity contribution in [1.82, 2.24) is 9.80 Å². The van der Waals surface area contributed by atoms with Crippen LogP contribution >= 0.6 is 0 Å². The Morgan fingerprint density at radius 1 is 1.03 bits per heavy atom. The van der Waals surface area contributed by atoms with Gasteiger partial charge in [0.05, 0.1) is 0 Å². The average Bonchev–Trinajstić information content (AvgIpc) is 2.81. The van der Waals surface area contributed by atoms with Crippen molar-refractivity contribution in [3.8, 4) is 5.75 Å². The molecule has 1 saturated heterocycles. The number of para-hydroxylation sites is 1. The number of alkyl halides is 3. The summed E-state index contributed by atoms with van der Waals surface area (Å²) in [4.78, 5) is 40.7. The standard InChI is InChI=1S/C24H22F3N3O4/c25-24(26,27)34-19-6-3-5-16(14-19)21(31)8-9-22(32)29-12-10-18(11-13-29)30-15-17-4-1-2-7-20(17)28-23(30)33/h1-9,14,18H,10-13,15H2,(H,28,33). The number of carbonyl (C=O) groups is 3. The topological polar surface area (TPSA) is 79.0 Å². The van der Waals surface area contributed by atoms with Gasteiger partial charge in [-0.2, -0.15) is 0 Å². The minimum Gasteiger partial charge on any atom is -0.406 e. The SMILES string of the molecule is O=C(C=CC(=O)N1CCC(N2Cc3ccccc3NC2=O)CC1)c1cccc(OC(F)(F)F)c1. The summed E-state index contributed by atoms with van der Waals surface area (Å²) in [6, 6.07) is 12.1. The molecule has 178 valence electrons. The predicted molar refractivity (Wildman–Crippen MR) is 117 cm³/mol. The summed E-state index contributed by atoms with van der Waals surface area (Å²) in [7, 11) is 0. The third kappa shape index (κ3) is 5.56. The summed E-state index contributed by atoms with van der Waals surface area (Å²) in [5, 5.41) is 2.89. The van der Waals surface area contributed by atoms with Crippen LogP contribution in [0.1, 0.15) is 28.8 Å². The van der Waals surface area contributed by atoms with Crippen LogP contribution < -0.4 is 10.1 Å². The summed E-state index contributed by atoms with van der Waals surface area (Å²) in [5.41, 5.74) is 1.81. The van der Waals surface area contributed by atoms with Crippen molar-refractivity contribution in [1.29, 1.82) is 0 Å². The largest absolute Gasteiger partial charge is 0.573 e. The quantitative estimate of drug-likeness (QED) is 0.517. The molecule has 1 N–H and O–H groups in total. The molecule has 7 nitrogen and oxygen atoms in total. The Morgan fingerprint density at radius 2 is 1.76 bits per heavy atom. The molecule has 0 radical (unpaired) electrons. The number of rotatable bonds is 5. The van der Waals surface area contributed by atoms with E-state index in [1.54, 1.807) is 9.80 Å². The molecule has 0 spiro atoms. The Morgan fingerprint density at radius 3 is 2.50 bits per heavy atom. The van der Waals surface area contributed by atoms with Crippen molar-refractivity contribution < 1.29 is 32.3 Å². The lowest BCUT2D eigenvalue weighted by Crippen LogP contribution is -2.50. The van der Waals surface area contributed by atoms with E-state index >= 15 is 0 Å². The maximum atomic E-state index is 12.5. The first kappa shape index (κ1) is 23.3. The number of carbonyl (C=O) groups excluding carboxylic acids is 3. The van der Waals surface area contributed by atoms with E-state index in [1.165, 1.54) is 12.1 Å². The third-order valence-corrected chi connectivity index (χ3v) is 5.81. The number of ether oxygens (including phenoxy) is 1. The van der Waals surface area contributed by atoms with Gasteiger partial charge >= 0.3 is 12.4 Å². The van der Waals surface area contributed by atoms with Gasteiger partial charge in [0.1, 0.15) is 5.75 Å². The third-order valence-electron chi connectivity index (χ3n) is 5.81. The van der Waals surface area contributed by atoms with Crippen LogP contribution in [0.4, 0.5) is 23.7 Å². The van der Waals surface area contributed by atoms with Crippen LogP contribution in [0.25, 0.3) is 0 Å². The number of anilines is 1. The minimum absolute atomic E-state index is 0.0145. The second kappa shape index (κ2) is 9.58. The van der Waals surface area contributed by atoms with Crippen molar-refractivity contribution in [2.75, 3.05) is 18.4 Å². The summed E-state index contributed by atoms with van der Waals surface area (Å²) in [5.74, 6) is -1.49. The molecule has 2 aromatic rings. The van der Waals surface area contributed by atoms with Gasteiger partial charge in [-0.25, -0.2) is 4.79 Å². The number of hydrogen-bond acceptors (Lipinski definition) is 4. The van der Waals surface area contributed by atoms with Crippen molar-refractivity contribution >= 4 is 23.4 Å². The summed E-state index contributed by atoms with van der Waals surface area (Å²) >= 11 is 0. The van der Waals surface area contributed by atoms with Gasteiger partial charge < -0.3 is 19.9 Å². The van der Waals surface area contributed by atoms with Crippen molar-refractivity contribution in [2.24, 2.45) is 0 Å². The molecular formula is C24H22F3N3O4. The lowest BCUT2D eigenvalue weighted by molar-refractivity contribution is -0.274. The van der Waals surface area contributed by atoms with Crippen LogP contribution in [0.3, 0.4) is 0 Å². The number of urea groups is 1. The van der Waals surface area contributed by atoms with E-state index in [2.05, 4.69) is 10.1 Å². The minimum atomic E-state index is -4.86. The molecule has 0 bridgehead atoms. The zero-order valence-corrected chi connectivity index (χ0v) is 18.0. The van der Waals surface area contributed by atoms with Gasteiger partial charge in [-0.15, -0.1) is 13.2 Å². The molecule has 0 aromatic heterocycles. The van der Waals surface area contributed by atoms with Crippen LogP contribution in [-0.4, -0.2) is 53.0 Å². The number of allylic oxidation sites excluding steroid dienone is 1. The Kier molecular flexibility index (Phi) is 6.58. The molecule has 3 amide bonds. The first-order valence-corrected chi connectivity index (χ1v) is 10.7. The average molecular weight is 473 g/mol. The molecule has 0 aliphatic carbocycles. The van der Waals surface area contributed by atoms with Crippen LogP contribution in [-0.2, 0) is 11.3 Å². The van der Waals surface area contributed by atoms with Crippen molar-refractivity contribution in [2.45, 2.75) is 31.8 Å². The highest BCUT2D eigenvalue weighted by Gasteiger charge is 2.33. The van der Waals surface area contributed by atoms with Gasteiger partial charge in [0.25, 0.3) is 0 Å². The number of nitrogens with zero attached hydrogens (tertiary/aromatic N) is 2. The highest BCUT2D eigenvalue weighted by Crippen LogP contribution is 2.28. The molecule has 4 rings (SSSR count). The van der Waals surface area contributed by atoms with E-state index in [4.69, 9.17) is 0 Å². The molecular weight excluding hydrogens is 451 g/mol. The molecule has 0 atom stereocenters. The fourth-order valence-electron chi connectivity index (χ4n) is 4.11. The predicted octanol–water partition coefficient (Wildman–Crippen LogP) is 4.36. The molecule has 0 saturated carbocycles. The number of halogens is 3. The smallest absolute Gasteiger partial charge is 0.406 e. The second-order valence-electron chi connectivity index (χ2n) is 8.04. The Hall–Kier alpha value is -3.82. The number of hydrogen-bond donors (Lipinski definition) is 1. The van der Waals surface area contributed by atoms with Gasteiger partial charge in [-0.3, -0.25) is 9.59 Å². The van der Waals surface area contributed by atoms with Crippen molar-refractivity contribution in [3.05, 3.63) is 71.8 Å². The Balaban J connectivity index is 1.31.